The van der Waals surface area contributed by atoms with E-state index in [4.69, 9.17) is 17.3 Å². The Morgan fingerprint density at radius 1 is 1.22 bits per heavy atom. The topological polar surface area (TPSA) is 98.3 Å². The molecule has 0 unspecified atom stereocenters. The van der Waals surface area contributed by atoms with E-state index >= 15 is 0 Å². The molecule has 120 valence electrons. The van der Waals surface area contributed by atoms with Crippen LogP contribution in [-0.2, 0) is 11.0 Å². The minimum absolute atomic E-state index is 0.206. The molecule has 0 spiro atoms. The van der Waals surface area contributed by atoms with Gasteiger partial charge in [0.1, 0.15) is 0 Å². The number of halogens is 4. The second kappa shape index (κ2) is 8.02. The Hall–Kier alpha value is -2.77. The molecule has 1 amide bonds. The quantitative estimate of drug-likeness (QED) is 0.669. The van der Waals surface area contributed by atoms with Gasteiger partial charge in [0, 0.05) is 0 Å². The van der Waals surface area contributed by atoms with Crippen molar-refractivity contribution in [2.24, 2.45) is 10.7 Å². The van der Waals surface area contributed by atoms with Crippen LogP contribution in [0.3, 0.4) is 0 Å². The zero-order valence-corrected chi connectivity index (χ0v) is 12.0. The molecular formula is C13H8ClF3N4O2. The number of rotatable bonds is 2. The average Bonchev–Trinajstić information content (AvgIpc) is 2.48. The molecule has 0 aliphatic carbocycles. The predicted molar refractivity (Wildman–Crippen MR) is 74.8 cm³/mol. The van der Waals surface area contributed by atoms with E-state index < -0.39 is 17.8 Å². The van der Waals surface area contributed by atoms with E-state index in [1.807, 2.05) is 0 Å². The first-order valence-electron chi connectivity index (χ1n) is 5.77. The van der Waals surface area contributed by atoms with Crippen molar-refractivity contribution in [3.63, 3.8) is 0 Å². The van der Waals surface area contributed by atoms with Gasteiger partial charge in [0.15, 0.2) is 11.5 Å². The maximum Gasteiger partial charge on any atom is 0.434 e. The third-order valence-corrected chi connectivity index (χ3v) is 2.56. The van der Waals surface area contributed by atoms with Crippen LogP contribution in [0.15, 0.2) is 41.7 Å². The lowest BCUT2D eigenvalue weighted by molar-refractivity contribution is -0.141. The van der Waals surface area contributed by atoms with Crippen LogP contribution < -0.4 is 5.73 Å². The van der Waals surface area contributed by atoms with Gasteiger partial charge in [-0.3, -0.25) is 4.79 Å². The summed E-state index contributed by atoms with van der Waals surface area (Å²) in [5.74, 6) is -0.700. The number of carbonyl (C=O) groups is 1. The van der Waals surface area contributed by atoms with Crippen molar-refractivity contribution < 1.29 is 22.8 Å². The summed E-state index contributed by atoms with van der Waals surface area (Å²) < 4.78 is 35.7. The van der Waals surface area contributed by atoms with Crippen LogP contribution in [0, 0.1) is 0 Å². The zero-order valence-electron chi connectivity index (χ0n) is 11.2. The van der Waals surface area contributed by atoms with E-state index in [-0.39, 0.29) is 5.82 Å². The smallest absolute Gasteiger partial charge is 0.366 e. The van der Waals surface area contributed by atoms with Gasteiger partial charge in [-0.15, -0.1) is 4.99 Å². The SMILES string of the molecule is NC(=O)c1ccccc1Cl.O=C=Nc1cnc(C(F)(F)F)cn1. The van der Waals surface area contributed by atoms with Gasteiger partial charge in [0.2, 0.25) is 12.0 Å². The van der Waals surface area contributed by atoms with Crippen molar-refractivity contribution in [3.8, 4) is 0 Å². The highest BCUT2D eigenvalue weighted by atomic mass is 35.5. The Morgan fingerprint density at radius 3 is 2.26 bits per heavy atom. The van der Waals surface area contributed by atoms with E-state index in [9.17, 15) is 22.8 Å². The lowest BCUT2D eigenvalue weighted by Crippen LogP contribution is -2.10. The molecule has 0 saturated heterocycles. The number of isocyanates is 1. The fraction of sp³-hybridized carbons (Fsp3) is 0.0769. The molecule has 0 radical (unpaired) electrons. The summed E-state index contributed by atoms with van der Waals surface area (Å²) in [4.78, 5) is 29.4. The molecule has 10 heteroatoms. The minimum Gasteiger partial charge on any atom is -0.366 e. The highest BCUT2D eigenvalue weighted by molar-refractivity contribution is 6.33. The Bertz CT molecular complexity index is 729. The summed E-state index contributed by atoms with van der Waals surface area (Å²) in [6, 6.07) is 6.67. The molecular weight excluding hydrogens is 337 g/mol. The number of carbonyl (C=O) groups excluding carboxylic acids is 2. The van der Waals surface area contributed by atoms with Gasteiger partial charge in [-0.05, 0) is 12.1 Å². The lowest BCUT2D eigenvalue weighted by Gasteiger charge is -2.02. The number of amides is 1. The standard InChI is InChI=1S/C7H6ClNO.C6H2F3N3O/c8-6-4-2-1-3-5(6)7(9)10;7-6(8,9)4-1-11-5(2-10-4)12-3-13/h1-4H,(H2,9,10);1-2H. The summed E-state index contributed by atoms with van der Waals surface area (Å²) in [5, 5.41) is 0.398. The van der Waals surface area contributed by atoms with Crippen molar-refractivity contribution in [3.05, 3.63) is 52.9 Å². The first kappa shape index (κ1) is 18.3. The number of benzene rings is 1. The van der Waals surface area contributed by atoms with Gasteiger partial charge in [0.05, 0.1) is 23.0 Å². The third-order valence-electron chi connectivity index (χ3n) is 2.23. The highest BCUT2D eigenvalue weighted by Gasteiger charge is 2.32. The number of hydrogen-bond acceptors (Lipinski definition) is 5. The van der Waals surface area contributed by atoms with Crippen LogP contribution in [0.1, 0.15) is 16.1 Å². The van der Waals surface area contributed by atoms with E-state index in [1.165, 1.54) is 0 Å². The van der Waals surface area contributed by atoms with E-state index in [1.54, 1.807) is 24.3 Å². The van der Waals surface area contributed by atoms with Gasteiger partial charge in [0.25, 0.3) is 0 Å². The van der Waals surface area contributed by atoms with Crippen LogP contribution in [-0.4, -0.2) is 22.0 Å². The molecule has 23 heavy (non-hydrogen) atoms. The maximum absolute atomic E-state index is 11.9. The Balaban J connectivity index is 0.000000238. The van der Waals surface area contributed by atoms with Crippen LogP contribution in [0.25, 0.3) is 0 Å². The van der Waals surface area contributed by atoms with Crippen molar-refractivity contribution in [1.82, 2.24) is 9.97 Å². The van der Waals surface area contributed by atoms with Crippen molar-refractivity contribution in [2.75, 3.05) is 0 Å². The molecule has 1 aromatic carbocycles. The largest absolute Gasteiger partial charge is 0.434 e. The molecule has 6 nitrogen and oxygen atoms in total. The van der Waals surface area contributed by atoms with Gasteiger partial charge in [-0.2, -0.15) is 13.2 Å². The number of primary amides is 1. The van der Waals surface area contributed by atoms with Crippen LogP contribution in [0.5, 0.6) is 0 Å². The predicted octanol–water partition coefficient (Wildman–Crippen LogP) is 2.90. The molecule has 0 saturated carbocycles. The second-order valence-corrected chi connectivity index (χ2v) is 4.21. The summed E-state index contributed by atoms with van der Waals surface area (Å²) in [7, 11) is 0. The molecule has 1 aromatic heterocycles. The monoisotopic (exact) mass is 344 g/mol. The van der Waals surface area contributed by atoms with E-state index in [0.29, 0.717) is 16.8 Å². The zero-order chi connectivity index (χ0) is 17.5. The Labute approximate surface area is 132 Å². The molecule has 0 fully saturated rings. The van der Waals surface area contributed by atoms with Gasteiger partial charge >= 0.3 is 6.18 Å². The number of hydrogen-bond donors (Lipinski definition) is 1. The van der Waals surface area contributed by atoms with E-state index in [2.05, 4.69) is 15.0 Å². The first-order chi connectivity index (χ1) is 10.8. The summed E-state index contributed by atoms with van der Waals surface area (Å²) in [6.07, 6.45) is -2.16. The van der Waals surface area contributed by atoms with Gasteiger partial charge < -0.3 is 5.73 Å². The fourth-order valence-corrected chi connectivity index (χ4v) is 1.46. The second-order valence-electron chi connectivity index (χ2n) is 3.80. The molecule has 0 aliphatic heterocycles. The van der Waals surface area contributed by atoms with Crippen molar-refractivity contribution in [2.45, 2.75) is 6.18 Å². The molecule has 0 aliphatic rings. The third kappa shape index (κ3) is 5.85. The van der Waals surface area contributed by atoms with Crippen LogP contribution in [0.2, 0.25) is 5.02 Å². The fourth-order valence-electron chi connectivity index (χ4n) is 1.23. The van der Waals surface area contributed by atoms with Crippen LogP contribution in [0.4, 0.5) is 19.0 Å². The number of nitrogens with zero attached hydrogens (tertiary/aromatic N) is 3. The molecule has 2 rings (SSSR count). The van der Waals surface area contributed by atoms with Crippen molar-refractivity contribution in [1.29, 1.82) is 0 Å². The summed E-state index contributed by atoms with van der Waals surface area (Å²) in [6.45, 7) is 0. The van der Waals surface area contributed by atoms with E-state index in [0.717, 1.165) is 12.3 Å². The molecule has 2 aromatic rings. The number of alkyl halides is 3. The van der Waals surface area contributed by atoms with Gasteiger partial charge in [-0.25, -0.2) is 14.8 Å². The molecule has 1 heterocycles. The Kier molecular flexibility index (Phi) is 6.37. The minimum atomic E-state index is -4.53. The number of nitrogens with two attached hydrogens (primary N) is 1. The summed E-state index contributed by atoms with van der Waals surface area (Å²) >= 11 is 5.62. The van der Waals surface area contributed by atoms with Crippen molar-refractivity contribution >= 4 is 29.4 Å². The molecule has 0 bridgehead atoms. The number of aromatic nitrogens is 2. The average molecular weight is 345 g/mol. The van der Waals surface area contributed by atoms with Gasteiger partial charge in [-0.1, -0.05) is 23.7 Å². The maximum atomic E-state index is 11.9. The first-order valence-corrected chi connectivity index (χ1v) is 6.15. The lowest BCUT2D eigenvalue weighted by atomic mass is 10.2. The molecule has 2 N–H and O–H groups in total. The van der Waals surface area contributed by atoms with Crippen LogP contribution >= 0.6 is 11.6 Å². The summed E-state index contributed by atoms with van der Waals surface area (Å²) in [5.41, 5.74) is 4.23. The normalized spacial score (nSPS) is 10.1. The number of aliphatic imine (C=N–C) groups is 1. The Morgan fingerprint density at radius 2 is 1.87 bits per heavy atom. The molecule has 0 atom stereocenters. The highest BCUT2D eigenvalue weighted by Crippen LogP contribution is 2.27.